The van der Waals surface area contributed by atoms with E-state index in [1.54, 1.807) is 0 Å². The van der Waals surface area contributed by atoms with Gasteiger partial charge in [0.2, 0.25) is 0 Å². The topological polar surface area (TPSA) is 38.8 Å². The molecule has 2 fully saturated rings. The molecule has 0 aromatic heterocycles. The van der Waals surface area contributed by atoms with Crippen LogP contribution in [-0.2, 0) is 14.3 Å². The minimum Gasteiger partial charge on any atom is -0.459 e. The Morgan fingerprint density at radius 1 is 1.26 bits per heavy atom. The first-order chi connectivity index (χ1) is 8.96. The number of ether oxygens (including phenoxy) is 2. The Labute approximate surface area is 116 Å². The fourth-order valence-corrected chi connectivity index (χ4v) is 2.94. The lowest BCUT2D eigenvalue weighted by Crippen LogP contribution is -2.43. The van der Waals surface area contributed by atoms with Gasteiger partial charge in [-0.1, -0.05) is 0 Å². The molecule has 4 heteroatoms. The third-order valence-electron chi connectivity index (χ3n) is 3.88. The molecule has 1 atom stereocenters. The Kier molecular flexibility index (Phi) is 4.85. The van der Waals surface area contributed by atoms with Crippen molar-refractivity contribution in [2.24, 2.45) is 5.92 Å². The van der Waals surface area contributed by atoms with Crippen LogP contribution in [0, 0.1) is 5.92 Å². The van der Waals surface area contributed by atoms with Crippen molar-refractivity contribution in [2.75, 3.05) is 26.3 Å². The Bertz CT molecular complexity index is 305. The summed E-state index contributed by atoms with van der Waals surface area (Å²) in [5.41, 5.74) is -0.385. The zero-order valence-corrected chi connectivity index (χ0v) is 12.5. The van der Waals surface area contributed by atoms with Gasteiger partial charge >= 0.3 is 5.97 Å². The molecule has 2 aliphatic heterocycles. The van der Waals surface area contributed by atoms with E-state index >= 15 is 0 Å². The van der Waals surface area contributed by atoms with Crippen LogP contribution >= 0.6 is 0 Å². The highest BCUT2D eigenvalue weighted by molar-refractivity contribution is 5.76. The van der Waals surface area contributed by atoms with Gasteiger partial charge in [-0.2, -0.15) is 0 Å². The maximum Gasteiger partial charge on any atom is 0.323 e. The lowest BCUT2D eigenvalue weighted by molar-refractivity contribution is -0.160. The number of nitrogens with zero attached hydrogens (tertiary/aromatic N) is 1. The largest absolute Gasteiger partial charge is 0.459 e. The van der Waals surface area contributed by atoms with E-state index in [1.807, 2.05) is 20.8 Å². The van der Waals surface area contributed by atoms with Crippen LogP contribution in [0.15, 0.2) is 0 Å². The molecule has 4 nitrogen and oxygen atoms in total. The van der Waals surface area contributed by atoms with Crippen molar-refractivity contribution in [3.8, 4) is 0 Å². The van der Waals surface area contributed by atoms with Crippen LogP contribution in [-0.4, -0.2) is 48.8 Å². The number of rotatable bonds is 3. The smallest absolute Gasteiger partial charge is 0.323 e. The van der Waals surface area contributed by atoms with E-state index in [4.69, 9.17) is 9.47 Å². The number of hydrogen-bond donors (Lipinski definition) is 0. The van der Waals surface area contributed by atoms with Crippen LogP contribution in [0.25, 0.3) is 0 Å². The van der Waals surface area contributed by atoms with E-state index in [2.05, 4.69) is 4.90 Å². The van der Waals surface area contributed by atoms with Crippen molar-refractivity contribution in [1.82, 2.24) is 4.90 Å². The molecule has 0 saturated carbocycles. The van der Waals surface area contributed by atoms with Gasteiger partial charge in [0.05, 0.1) is 0 Å². The molecule has 0 amide bonds. The quantitative estimate of drug-likeness (QED) is 0.736. The van der Waals surface area contributed by atoms with Gasteiger partial charge in [-0.25, -0.2) is 0 Å². The van der Waals surface area contributed by atoms with E-state index in [1.165, 1.54) is 0 Å². The second-order valence-corrected chi connectivity index (χ2v) is 6.74. The summed E-state index contributed by atoms with van der Waals surface area (Å²) in [6.07, 6.45) is 4.29. The van der Waals surface area contributed by atoms with Gasteiger partial charge in [-0.05, 0) is 58.9 Å². The van der Waals surface area contributed by atoms with Crippen LogP contribution in [0.2, 0.25) is 0 Å². The maximum absolute atomic E-state index is 12.2. The zero-order valence-electron chi connectivity index (χ0n) is 12.5. The van der Waals surface area contributed by atoms with Gasteiger partial charge in [-0.15, -0.1) is 0 Å². The summed E-state index contributed by atoms with van der Waals surface area (Å²) >= 11 is 0. The molecule has 110 valence electrons. The summed E-state index contributed by atoms with van der Waals surface area (Å²) < 4.78 is 10.9. The van der Waals surface area contributed by atoms with E-state index in [0.717, 1.165) is 52.0 Å². The van der Waals surface area contributed by atoms with Crippen molar-refractivity contribution in [2.45, 2.75) is 58.1 Å². The lowest BCUT2D eigenvalue weighted by atomic mass is 9.99. The molecule has 0 unspecified atom stereocenters. The zero-order chi connectivity index (χ0) is 13.9. The highest BCUT2D eigenvalue weighted by Crippen LogP contribution is 2.25. The molecule has 2 heterocycles. The predicted molar refractivity (Wildman–Crippen MR) is 74.0 cm³/mol. The average molecular weight is 269 g/mol. The fourth-order valence-electron chi connectivity index (χ4n) is 2.94. The third kappa shape index (κ3) is 4.46. The minimum atomic E-state index is -0.385. The standard InChI is InChI=1S/C15H27NO3/c1-15(2,3)19-14(17)13-5-4-8-16(13)11-12-6-9-18-10-7-12/h12-13H,4-11H2,1-3H3/t13-/m1/s1. The molecule has 19 heavy (non-hydrogen) atoms. The van der Waals surface area contributed by atoms with Crippen LogP contribution in [0.3, 0.4) is 0 Å². The molecule has 0 aliphatic carbocycles. The van der Waals surface area contributed by atoms with Gasteiger partial charge < -0.3 is 9.47 Å². The first kappa shape index (κ1) is 14.8. The molecule has 2 saturated heterocycles. The number of esters is 1. The SMILES string of the molecule is CC(C)(C)OC(=O)[C@H]1CCCN1CC1CCOCC1. The van der Waals surface area contributed by atoms with Crippen LogP contribution in [0.1, 0.15) is 46.5 Å². The van der Waals surface area contributed by atoms with E-state index in [-0.39, 0.29) is 17.6 Å². The monoisotopic (exact) mass is 269 g/mol. The van der Waals surface area contributed by atoms with Crippen molar-refractivity contribution < 1.29 is 14.3 Å². The summed E-state index contributed by atoms with van der Waals surface area (Å²) in [7, 11) is 0. The van der Waals surface area contributed by atoms with Crippen molar-refractivity contribution >= 4 is 5.97 Å². The summed E-state index contributed by atoms with van der Waals surface area (Å²) in [6, 6.07) is -0.0259. The Hall–Kier alpha value is -0.610. The summed E-state index contributed by atoms with van der Waals surface area (Å²) in [5.74, 6) is 0.633. The molecular weight excluding hydrogens is 242 g/mol. The van der Waals surface area contributed by atoms with Crippen molar-refractivity contribution in [1.29, 1.82) is 0 Å². The van der Waals surface area contributed by atoms with Crippen LogP contribution in [0.5, 0.6) is 0 Å². The van der Waals surface area contributed by atoms with Gasteiger partial charge in [0, 0.05) is 19.8 Å². The van der Waals surface area contributed by atoms with Crippen LogP contribution < -0.4 is 0 Å². The summed E-state index contributed by atoms with van der Waals surface area (Å²) in [4.78, 5) is 14.5. The van der Waals surface area contributed by atoms with Crippen molar-refractivity contribution in [3.63, 3.8) is 0 Å². The molecule has 2 rings (SSSR count). The predicted octanol–water partition coefficient (Wildman–Crippen LogP) is 2.22. The van der Waals surface area contributed by atoms with E-state index < -0.39 is 0 Å². The molecule has 0 aromatic rings. The third-order valence-corrected chi connectivity index (χ3v) is 3.88. The maximum atomic E-state index is 12.2. The first-order valence-corrected chi connectivity index (χ1v) is 7.50. The minimum absolute atomic E-state index is 0.0259. The van der Waals surface area contributed by atoms with E-state index in [0.29, 0.717) is 5.92 Å². The van der Waals surface area contributed by atoms with Gasteiger partial charge in [0.25, 0.3) is 0 Å². The summed E-state index contributed by atoms with van der Waals surface area (Å²) in [6.45, 7) is 9.59. The Balaban J connectivity index is 1.87. The highest BCUT2D eigenvalue weighted by atomic mass is 16.6. The number of likely N-dealkylation sites (tertiary alicyclic amines) is 1. The normalized spacial score (nSPS) is 26.6. The van der Waals surface area contributed by atoms with Gasteiger partial charge in [-0.3, -0.25) is 9.69 Å². The number of carbonyl (C=O) groups is 1. The summed E-state index contributed by atoms with van der Waals surface area (Å²) in [5, 5.41) is 0. The fraction of sp³-hybridized carbons (Fsp3) is 0.933. The molecule has 2 aliphatic rings. The lowest BCUT2D eigenvalue weighted by Gasteiger charge is -2.31. The van der Waals surface area contributed by atoms with E-state index in [9.17, 15) is 4.79 Å². The number of hydrogen-bond acceptors (Lipinski definition) is 4. The van der Waals surface area contributed by atoms with Crippen LogP contribution in [0.4, 0.5) is 0 Å². The Morgan fingerprint density at radius 2 is 1.95 bits per heavy atom. The van der Waals surface area contributed by atoms with Crippen molar-refractivity contribution in [3.05, 3.63) is 0 Å². The first-order valence-electron chi connectivity index (χ1n) is 7.50. The number of carbonyl (C=O) groups excluding carboxylic acids is 1. The molecule has 0 spiro atoms. The molecule has 0 aromatic carbocycles. The van der Waals surface area contributed by atoms with Gasteiger partial charge in [0.1, 0.15) is 11.6 Å². The second-order valence-electron chi connectivity index (χ2n) is 6.74. The molecule has 0 radical (unpaired) electrons. The Morgan fingerprint density at radius 3 is 2.58 bits per heavy atom. The molecule has 0 N–H and O–H groups in total. The second kappa shape index (κ2) is 6.23. The highest BCUT2D eigenvalue weighted by Gasteiger charge is 2.35. The average Bonchev–Trinajstić information content (AvgIpc) is 2.76. The molecule has 0 bridgehead atoms. The van der Waals surface area contributed by atoms with Gasteiger partial charge in [0.15, 0.2) is 0 Å². The molecular formula is C15H27NO3.